The van der Waals surface area contributed by atoms with Crippen molar-refractivity contribution in [2.24, 2.45) is 0 Å². The summed E-state index contributed by atoms with van der Waals surface area (Å²) < 4.78 is 90.1. The van der Waals surface area contributed by atoms with E-state index in [4.69, 9.17) is 11.6 Å². The third-order valence-electron chi connectivity index (χ3n) is 5.21. The van der Waals surface area contributed by atoms with Gasteiger partial charge in [-0.15, -0.1) is 0 Å². The molecule has 0 amide bonds. The Labute approximate surface area is 188 Å². The summed E-state index contributed by atoms with van der Waals surface area (Å²) >= 11 is 0. The average Bonchev–Trinajstić information content (AvgIpc) is 3.45. The maximum Gasteiger partial charge on any atom is 0.224 e. The van der Waals surface area contributed by atoms with Crippen molar-refractivity contribution in [1.82, 2.24) is 19.5 Å². The van der Waals surface area contributed by atoms with Crippen LogP contribution >= 0.6 is 0 Å². The summed E-state index contributed by atoms with van der Waals surface area (Å²) in [5.74, 6) is -3.59. The van der Waals surface area contributed by atoms with Gasteiger partial charge in [-0.05, 0) is 32.0 Å². The van der Waals surface area contributed by atoms with Crippen LogP contribution in [0.2, 0.25) is 0 Å². The van der Waals surface area contributed by atoms with Crippen molar-refractivity contribution in [2.45, 2.75) is 50.2 Å². The Balaban J connectivity index is 1.55. The van der Waals surface area contributed by atoms with Crippen LogP contribution in [0, 0.1) is 17.5 Å². The standard InChI is InChI=1S/C21H23F3N6O2/c22-11-7-15(23)18(16(24)8-11)28-21-27-17-9-25-20(26-12-1-3-14(31)4-2-12)29-19(17)30(21)13-5-6-32-10-13/h7-9,12-14,31H,1-6,10H2,(H,27,28)(H,25,26,29)/i1D2,2D2,3D. The highest BCUT2D eigenvalue weighted by Gasteiger charge is 2.27. The molecule has 3 N–H and O–H groups in total. The molecule has 3 aromatic rings. The van der Waals surface area contributed by atoms with Crippen LogP contribution in [0.25, 0.3) is 11.2 Å². The van der Waals surface area contributed by atoms with E-state index in [1.54, 1.807) is 4.57 Å². The minimum Gasteiger partial charge on any atom is -0.393 e. The van der Waals surface area contributed by atoms with Crippen molar-refractivity contribution in [3.8, 4) is 0 Å². The molecule has 0 radical (unpaired) electrons. The topological polar surface area (TPSA) is 97.1 Å². The maximum absolute atomic E-state index is 14.3. The lowest BCUT2D eigenvalue weighted by molar-refractivity contribution is 0.126. The zero-order valence-corrected chi connectivity index (χ0v) is 16.6. The molecule has 1 aliphatic carbocycles. The Morgan fingerprint density at radius 3 is 2.72 bits per heavy atom. The highest BCUT2D eigenvalue weighted by atomic mass is 19.1. The molecule has 1 saturated heterocycles. The van der Waals surface area contributed by atoms with Crippen molar-refractivity contribution in [2.75, 3.05) is 23.8 Å². The van der Waals surface area contributed by atoms with E-state index in [1.807, 2.05) is 0 Å². The average molecular weight is 453 g/mol. The second-order valence-corrected chi connectivity index (χ2v) is 7.48. The Kier molecular flexibility index (Phi) is 4.22. The van der Waals surface area contributed by atoms with Gasteiger partial charge >= 0.3 is 0 Å². The summed E-state index contributed by atoms with van der Waals surface area (Å²) in [5.41, 5.74) is -0.212. The van der Waals surface area contributed by atoms with E-state index >= 15 is 0 Å². The number of imidazole rings is 1. The number of nitrogens with zero attached hydrogens (tertiary/aromatic N) is 4. The predicted molar refractivity (Wildman–Crippen MR) is 111 cm³/mol. The number of benzene rings is 1. The van der Waals surface area contributed by atoms with Gasteiger partial charge in [0.25, 0.3) is 0 Å². The van der Waals surface area contributed by atoms with Crippen molar-refractivity contribution >= 4 is 28.7 Å². The zero-order chi connectivity index (χ0) is 26.7. The number of fused-ring (bicyclic) bond motifs is 1. The van der Waals surface area contributed by atoms with E-state index in [-0.39, 0.29) is 35.7 Å². The van der Waals surface area contributed by atoms with E-state index in [0.717, 1.165) is 0 Å². The van der Waals surface area contributed by atoms with Gasteiger partial charge in [0.2, 0.25) is 11.9 Å². The number of aliphatic hydroxyl groups is 1. The highest BCUT2D eigenvalue weighted by Crippen LogP contribution is 2.32. The molecule has 2 fully saturated rings. The molecule has 1 aromatic carbocycles. The molecule has 0 spiro atoms. The normalized spacial score (nSPS) is 31.3. The van der Waals surface area contributed by atoms with Gasteiger partial charge in [-0.1, -0.05) is 0 Å². The lowest BCUT2D eigenvalue weighted by Gasteiger charge is -2.26. The summed E-state index contributed by atoms with van der Waals surface area (Å²) in [6.07, 6.45) is -6.45. The largest absolute Gasteiger partial charge is 0.393 e. The molecule has 2 aliphatic rings. The minimum absolute atomic E-state index is 0.0148. The molecule has 1 aliphatic heterocycles. The van der Waals surface area contributed by atoms with E-state index < -0.39 is 60.8 Å². The Hall–Kier alpha value is -2.92. The third kappa shape index (κ3) is 4.09. The van der Waals surface area contributed by atoms with Crippen molar-refractivity contribution in [3.05, 3.63) is 35.8 Å². The Morgan fingerprint density at radius 2 is 1.97 bits per heavy atom. The molecule has 0 bridgehead atoms. The molecule has 170 valence electrons. The molecule has 32 heavy (non-hydrogen) atoms. The van der Waals surface area contributed by atoms with Crippen molar-refractivity contribution < 1.29 is 29.9 Å². The first-order chi connectivity index (χ1) is 17.4. The van der Waals surface area contributed by atoms with Gasteiger partial charge in [-0.2, -0.15) is 4.98 Å². The number of aromatic nitrogens is 4. The SMILES string of the molecule is [2H]C1C(O)CC([2H])([2H])C(Nc2ncc3nc(Nc4c(F)cc(F)cc4F)n(C4CCOC4)c3n2)C1([2H])[2H]. The molecule has 2 aromatic heterocycles. The van der Waals surface area contributed by atoms with Crippen LogP contribution < -0.4 is 10.6 Å². The van der Waals surface area contributed by atoms with Crippen LogP contribution in [0.5, 0.6) is 0 Å². The Bertz CT molecular complexity index is 1320. The molecule has 5 rings (SSSR count). The molecular weight excluding hydrogens is 425 g/mol. The summed E-state index contributed by atoms with van der Waals surface area (Å²) in [6, 6.07) is -0.847. The van der Waals surface area contributed by atoms with Crippen molar-refractivity contribution in [1.29, 1.82) is 0 Å². The van der Waals surface area contributed by atoms with E-state index in [0.29, 0.717) is 25.2 Å². The second-order valence-electron chi connectivity index (χ2n) is 7.48. The molecule has 11 heteroatoms. The molecule has 4 atom stereocenters. The van der Waals surface area contributed by atoms with Gasteiger partial charge in [0.1, 0.15) is 17.0 Å². The van der Waals surface area contributed by atoms with Gasteiger partial charge in [0.15, 0.2) is 17.3 Å². The fraction of sp³-hybridized carbons (Fsp3) is 0.476. The van der Waals surface area contributed by atoms with Gasteiger partial charge in [0.05, 0.1) is 24.9 Å². The molecule has 3 heterocycles. The number of nitrogens with one attached hydrogen (secondary N) is 2. The smallest absolute Gasteiger partial charge is 0.224 e. The van der Waals surface area contributed by atoms with E-state index in [1.165, 1.54) is 6.20 Å². The Morgan fingerprint density at radius 1 is 1.16 bits per heavy atom. The molecule has 1 saturated carbocycles. The van der Waals surface area contributed by atoms with Gasteiger partial charge in [-0.25, -0.2) is 23.1 Å². The van der Waals surface area contributed by atoms with Crippen LogP contribution in [-0.2, 0) is 4.74 Å². The molecule has 8 nitrogen and oxygen atoms in total. The minimum atomic E-state index is -2.47. The molecular formula is C21H23F3N6O2. The summed E-state index contributed by atoms with van der Waals surface area (Å²) in [6.45, 7) is 0.655. The van der Waals surface area contributed by atoms with Crippen LogP contribution in [0.1, 0.15) is 44.9 Å². The first-order valence-corrected chi connectivity index (χ1v) is 9.99. The van der Waals surface area contributed by atoms with Crippen molar-refractivity contribution in [3.63, 3.8) is 0 Å². The monoisotopic (exact) mass is 453 g/mol. The predicted octanol–water partition coefficient (Wildman–Crippen LogP) is 3.66. The number of anilines is 3. The van der Waals surface area contributed by atoms with E-state index in [9.17, 15) is 18.3 Å². The van der Waals surface area contributed by atoms with Gasteiger partial charge in [-0.3, -0.25) is 4.57 Å². The number of halogens is 3. The second kappa shape index (κ2) is 8.55. The zero-order valence-electron chi connectivity index (χ0n) is 21.6. The molecule has 4 unspecified atom stereocenters. The lowest BCUT2D eigenvalue weighted by atomic mass is 9.93. The number of hydrogen-bond acceptors (Lipinski definition) is 7. The summed E-state index contributed by atoms with van der Waals surface area (Å²) in [5, 5.41) is 15.2. The van der Waals surface area contributed by atoms with Crippen LogP contribution in [0.15, 0.2) is 18.3 Å². The van der Waals surface area contributed by atoms with Crippen LogP contribution in [0.4, 0.5) is 30.8 Å². The summed E-state index contributed by atoms with van der Waals surface area (Å²) in [4.78, 5) is 12.8. The maximum atomic E-state index is 14.3. The van der Waals surface area contributed by atoms with Gasteiger partial charge < -0.3 is 20.5 Å². The van der Waals surface area contributed by atoms with Gasteiger partial charge in [0, 0.05) is 31.6 Å². The third-order valence-corrected chi connectivity index (χ3v) is 5.21. The first kappa shape index (κ1) is 15.8. The number of hydrogen-bond donors (Lipinski definition) is 3. The van der Waals surface area contributed by atoms with Crippen LogP contribution in [0.3, 0.4) is 0 Å². The number of ether oxygens (including phenoxy) is 1. The quantitative estimate of drug-likeness (QED) is 0.542. The summed E-state index contributed by atoms with van der Waals surface area (Å²) in [7, 11) is 0. The number of aliphatic hydroxyl groups excluding tert-OH is 1. The number of rotatable bonds is 5. The first-order valence-electron chi connectivity index (χ1n) is 12.6. The highest BCUT2D eigenvalue weighted by molar-refractivity contribution is 5.76. The fourth-order valence-corrected chi connectivity index (χ4v) is 3.68. The van der Waals surface area contributed by atoms with E-state index in [2.05, 4.69) is 25.6 Å². The fourth-order valence-electron chi connectivity index (χ4n) is 3.68. The van der Waals surface area contributed by atoms with Crippen LogP contribution in [-0.4, -0.2) is 50.0 Å². The lowest BCUT2D eigenvalue weighted by Crippen LogP contribution is -2.29.